The summed E-state index contributed by atoms with van der Waals surface area (Å²) in [7, 11) is 0. The molecule has 146 valence electrons. The molecule has 0 radical (unpaired) electrons. The molecule has 0 atom stereocenters. The molecule has 1 heterocycles. The molecule has 2 rings (SSSR count). The number of guanidine groups is 1. The molecule has 1 amide bonds. The molecule has 0 unspecified atom stereocenters. The molecule has 0 fully saturated rings. The molecule has 0 saturated carbocycles. The van der Waals surface area contributed by atoms with Crippen molar-refractivity contribution in [3.05, 3.63) is 42.0 Å². The van der Waals surface area contributed by atoms with E-state index in [1.54, 1.807) is 24.5 Å². The highest BCUT2D eigenvalue weighted by Gasteiger charge is 2.09. The number of phenolic OH excluding ortho intramolecular Hbond substituents is 1. The van der Waals surface area contributed by atoms with Crippen LogP contribution in [-0.2, 0) is 13.0 Å². The standard InChI is InChI=1S/C18H27N7O2/c1-3-16-24-23-13-25(16)12-11-22-18(19-4-2)21-10-9-20-17(27)14-7-5-6-8-15(14)26/h5-8,13,26H,3-4,9-12H2,1-2H3,(H,20,27)(H2,19,21,22). The van der Waals surface area contributed by atoms with Crippen molar-refractivity contribution in [3.63, 3.8) is 0 Å². The summed E-state index contributed by atoms with van der Waals surface area (Å²) in [6.07, 6.45) is 2.56. The number of phenols is 1. The average Bonchev–Trinajstić information content (AvgIpc) is 3.12. The lowest BCUT2D eigenvalue weighted by molar-refractivity contribution is 0.0952. The SMILES string of the molecule is CCNC(=NCCNC(=O)c1ccccc1O)NCCn1cnnc1CC. The summed E-state index contributed by atoms with van der Waals surface area (Å²) in [4.78, 5) is 16.5. The van der Waals surface area contributed by atoms with Gasteiger partial charge in [0.15, 0.2) is 5.96 Å². The number of aryl methyl sites for hydroxylation is 1. The summed E-state index contributed by atoms with van der Waals surface area (Å²) in [6, 6.07) is 6.45. The fourth-order valence-corrected chi connectivity index (χ4v) is 2.47. The van der Waals surface area contributed by atoms with E-state index in [0.717, 1.165) is 25.3 Å². The zero-order chi connectivity index (χ0) is 19.5. The lowest BCUT2D eigenvalue weighted by Gasteiger charge is -2.12. The number of rotatable bonds is 9. The van der Waals surface area contributed by atoms with Gasteiger partial charge in [-0.2, -0.15) is 0 Å². The van der Waals surface area contributed by atoms with E-state index in [-0.39, 0.29) is 17.2 Å². The fraction of sp³-hybridized carbons (Fsp3) is 0.444. The second-order valence-electron chi connectivity index (χ2n) is 5.75. The van der Waals surface area contributed by atoms with E-state index in [0.29, 0.717) is 25.6 Å². The van der Waals surface area contributed by atoms with Crippen LogP contribution < -0.4 is 16.0 Å². The first-order valence-electron chi connectivity index (χ1n) is 9.10. The molecule has 1 aromatic heterocycles. The van der Waals surface area contributed by atoms with Crippen LogP contribution in [0.3, 0.4) is 0 Å². The van der Waals surface area contributed by atoms with Crippen molar-refractivity contribution in [1.82, 2.24) is 30.7 Å². The number of hydrogen-bond acceptors (Lipinski definition) is 5. The van der Waals surface area contributed by atoms with Gasteiger partial charge in [0, 0.05) is 32.6 Å². The molecule has 1 aromatic carbocycles. The third-order valence-electron chi connectivity index (χ3n) is 3.82. The van der Waals surface area contributed by atoms with Crippen molar-refractivity contribution in [2.45, 2.75) is 26.8 Å². The van der Waals surface area contributed by atoms with Crippen LogP contribution in [0.1, 0.15) is 30.0 Å². The number of amides is 1. The second-order valence-corrected chi connectivity index (χ2v) is 5.75. The number of aromatic hydroxyl groups is 1. The highest BCUT2D eigenvalue weighted by atomic mass is 16.3. The Morgan fingerprint density at radius 3 is 2.74 bits per heavy atom. The predicted molar refractivity (Wildman–Crippen MR) is 104 cm³/mol. The maximum absolute atomic E-state index is 12.0. The number of carbonyl (C=O) groups excluding carboxylic acids is 1. The summed E-state index contributed by atoms with van der Waals surface area (Å²) in [5, 5.41) is 26.8. The Hall–Kier alpha value is -3.10. The van der Waals surface area contributed by atoms with E-state index >= 15 is 0 Å². The molecule has 4 N–H and O–H groups in total. The van der Waals surface area contributed by atoms with E-state index in [1.165, 1.54) is 6.07 Å². The Labute approximate surface area is 158 Å². The molecule has 0 bridgehead atoms. The zero-order valence-electron chi connectivity index (χ0n) is 15.8. The molecule has 9 heteroatoms. The Bertz CT molecular complexity index is 758. The van der Waals surface area contributed by atoms with Crippen LogP contribution in [0.2, 0.25) is 0 Å². The smallest absolute Gasteiger partial charge is 0.255 e. The summed E-state index contributed by atoms with van der Waals surface area (Å²) < 4.78 is 2.00. The van der Waals surface area contributed by atoms with Crippen molar-refractivity contribution in [3.8, 4) is 5.75 Å². The maximum atomic E-state index is 12.0. The van der Waals surface area contributed by atoms with Crippen LogP contribution >= 0.6 is 0 Å². The number of hydrogen-bond donors (Lipinski definition) is 4. The summed E-state index contributed by atoms with van der Waals surface area (Å²) in [6.45, 7) is 6.99. The minimum Gasteiger partial charge on any atom is -0.507 e. The number of carbonyl (C=O) groups is 1. The monoisotopic (exact) mass is 373 g/mol. The molecule has 0 spiro atoms. The molecular weight excluding hydrogens is 346 g/mol. The summed E-state index contributed by atoms with van der Waals surface area (Å²) in [5.74, 6) is 1.28. The van der Waals surface area contributed by atoms with Crippen molar-refractivity contribution < 1.29 is 9.90 Å². The highest BCUT2D eigenvalue weighted by Crippen LogP contribution is 2.14. The van der Waals surface area contributed by atoms with Gasteiger partial charge >= 0.3 is 0 Å². The summed E-state index contributed by atoms with van der Waals surface area (Å²) in [5.41, 5.74) is 0.257. The zero-order valence-corrected chi connectivity index (χ0v) is 15.8. The van der Waals surface area contributed by atoms with Gasteiger partial charge in [0.2, 0.25) is 0 Å². The van der Waals surface area contributed by atoms with Gasteiger partial charge in [0.05, 0.1) is 12.1 Å². The average molecular weight is 373 g/mol. The third-order valence-corrected chi connectivity index (χ3v) is 3.82. The Morgan fingerprint density at radius 1 is 1.19 bits per heavy atom. The van der Waals surface area contributed by atoms with Gasteiger partial charge in [-0.3, -0.25) is 9.79 Å². The van der Waals surface area contributed by atoms with Crippen molar-refractivity contribution in [2.75, 3.05) is 26.2 Å². The first-order valence-corrected chi connectivity index (χ1v) is 9.10. The molecule has 0 aliphatic carbocycles. The number of aliphatic imine (C=N–C) groups is 1. The van der Waals surface area contributed by atoms with E-state index in [1.807, 2.05) is 18.4 Å². The normalized spacial score (nSPS) is 11.3. The third kappa shape index (κ3) is 6.28. The van der Waals surface area contributed by atoms with Crippen LogP contribution in [0.4, 0.5) is 0 Å². The topological polar surface area (TPSA) is 116 Å². The van der Waals surface area contributed by atoms with E-state index in [2.05, 4.69) is 31.1 Å². The largest absolute Gasteiger partial charge is 0.507 e. The van der Waals surface area contributed by atoms with Gasteiger partial charge in [-0.05, 0) is 19.1 Å². The first-order chi connectivity index (χ1) is 13.2. The predicted octanol–water partition coefficient (Wildman–Crippen LogP) is 0.531. The number of nitrogens with zero attached hydrogens (tertiary/aromatic N) is 4. The van der Waals surface area contributed by atoms with Gasteiger partial charge in [-0.15, -0.1) is 10.2 Å². The van der Waals surface area contributed by atoms with Crippen molar-refractivity contribution in [1.29, 1.82) is 0 Å². The van der Waals surface area contributed by atoms with Gasteiger partial charge in [-0.1, -0.05) is 19.1 Å². The Kier molecular flexibility index (Phi) is 8.08. The molecule has 0 saturated heterocycles. The first kappa shape index (κ1) is 20.2. The van der Waals surface area contributed by atoms with Crippen molar-refractivity contribution >= 4 is 11.9 Å². The molecule has 0 aliphatic heterocycles. The van der Waals surface area contributed by atoms with Crippen molar-refractivity contribution in [2.24, 2.45) is 4.99 Å². The summed E-state index contributed by atoms with van der Waals surface area (Å²) >= 11 is 0. The van der Waals surface area contributed by atoms with Crippen LogP contribution in [-0.4, -0.2) is 57.9 Å². The Balaban J connectivity index is 1.77. The van der Waals surface area contributed by atoms with Crippen LogP contribution in [0.5, 0.6) is 5.75 Å². The van der Waals surface area contributed by atoms with E-state index in [4.69, 9.17) is 0 Å². The maximum Gasteiger partial charge on any atom is 0.255 e. The molecule has 27 heavy (non-hydrogen) atoms. The molecule has 2 aromatic rings. The van der Waals surface area contributed by atoms with Crippen LogP contribution in [0.15, 0.2) is 35.6 Å². The van der Waals surface area contributed by atoms with Gasteiger partial charge in [0.25, 0.3) is 5.91 Å². The lowest BCUT2D eigenvalue weighted by atomic mass is 10.2. The van der Waals surface area contributed by atoms with Crippen LogP contribution in [0.25, 0.3) is 0 Å². The number of nitrogens with one attached hydrogen (secondary N) is 3. The Morgan fingerprint density at radius 2 is 2.00 bits per heavy atom. The number of benzene rings is 1. The number of aromatic nitrogens is 3. The highest BCUT2D eigenvalue weighted by molar-refractivity contribution is 5.96. The van der Waals surface area contributed by atoms with Gasteiger partial charge in [0.1, 0.15) is 17.9 Å². The molecule has 0 aliphatic rings. The second kappa shape index (κ2) is 10.8. The lowest BCUT2D eigenvalue weighted by Crippen LogP contribution is -2.39. The fourth-order valence-electron chi connectivity index (χ4n) is 2.47. The van der Waals surface area contributed by atoms with Gasteiger partial charge < -0.3 is 25.6 Å². The van der Waals surface area contributed by atoms with E-state index < -0.39 is 0 Å². The van der Waals surface area contributed by atoms with E-state index in [9.17, 15) is 9.90 Å². The minimum absolute atomic E-state index is 0.0334. The van der Waals surface area contributed by atoms with Gasteiger partial charge in [-0.25, -0.2) is 0 Å². The number of para-hydroxylation sites is 1. The minimum atomic E-state index is -0.319. The van der Waals surface area contributed by atoms with Crippen LogP contribution in [0, 0.1) is 0 Å². The molecular formula is C18H27N7O2. The molecule has 9 nitrogen and oxygen atoms in total. The quantitative estimate of drug-likeness (QED) is 0.289.